The molecule has 0 fully saturated rings. The lowest BCUT2D eigenvalue weighted by atomic mass is 10.1. The van der Waals surface area contributed by atoms with Crippen LogP contribution in [0.2, 0.25) is 5.02 Å². The van der Waals surface area contributed by atoms with Gasteiger partial charge in [-0.2, -0.15) is 0 Å². The summed E-state index contributed by atoms with van der Waals surface area (Å²) >= 11 is 6.33. The molecule has 0 aliphatic carbocycles. The molecule has 0 radical (unpaired) electrons. The Balaban J connectivity index is 2.12. The van der Waals surface area contributed by atoms with E-state index >= 15 is 0 Å². The summed E-state index contributed by atoms with van der Waals surface area (Å²) in [6.07, 6.45) is 1.58. The molecule has 7 nitrogen and oxygen atoms in total. The van der Waals surface area contributed by atoms with E-state index in [2.05, 4.69) is 29.4 Å². The Morgan fingerprint density at radius 1 is 1.12 bits per heavy atom. The van der Waals surface area contributed by atoms with E-state index in [1.165, 1.54) is 4.31 Å². The van der Waals surface area contributed by atoms with Crippen molar-refractivity contribution in [1.82, 2.24) is 20.1 Å². The van der Waals surface area contributed by atoms with Gasteiger partial charge in [0.05, 0.1) is 17.1 Å². The average molecular weight is 476 g/mol. The molecule has 0 aliphatic rings. The zero-order valence-corrected chi connectivity index (χ0v) is 20.5. The molecule has 1 heterocycles. The van der Waals surface area contributed by atoms with Crippen molar-refractivity contribution < 1.29 is 8.42 Å². The van der Waals surface area contributed by atoms with Gasteiger partial charge in [-0.1, -0.05) is 57.0 Å². The first-order valence-corrected chi connectivity index (χ1v) is 12.6. The molecule has 172 valence electrons. The van der Waals surface area contributed by atoms with Crippen LogP contribution >= 0.6 is 11.6 Å². The summed E-state index contributed by atoms with van der Waals surface area (Å²) in [4.78, 5) is 0.247. The van der Waals surface area contributed by atoms with Gasteiger partial charge in [0.1, 0.15) is 5.82 Å². The number of hydrogen-bond donors (Lipinski definition) is 1. The number of rotatable bonds is 10. The van der Waals surface area contributed by atoms with Crippen LogP contribution < -0.4 is 9.62 Å². The van der Waals surface area contributed by atoms with Gasteiger partial charge in [0.25, 0.3) is 10.0 Å². The minimum atomic E-state index is -3.78. The number of aromatic nitrogens is 3. The number of nitrogens with zero attached hydrogens (tertiary/aromatic N) is 4. The van der Waals surface area contributed by atoms with E-state index in [-0.39, 0.29) is 4.90 Å². The highest BCUT2D eigenvalue weighted by molar-refractivity contribution is 7.92. The summed E-state index contributed by atoms with van der Waals surface area (Å²) in [6.45, 7) is 7.06. The fourth-order valence-corrected chi connectivity index (χ4v) is 5.06. The molecule has 0 amide bonds. The third-order valence-corrected chi connectivity index (χ3v) is 7.21. The first-order chi connectivity index (χ1) is 15.3. The molecule has 1 aromatic heterocycles. The van der Waals surface area contributed by atoms with Crippen LogP contribution in [0.25, 0.3) is 11.4 Å². The molecule has 3 aromatic rings. The summed E-state index contributed by atoms with van der Waals surface area (Å²) in [5.74, 6) is 1.32. The minimum Gasteiger partial charge on any atom is -0.313 e. The molecule has 2 aromatic carbocycles. The molecule has 9 heteroatoms. The Morgan fingerprint density at radius 3 is 2.50 bits per heavy atom. The van der Waals surface area contributed by atoms with E-state index in [9.17, 15) is 8.42 Å². The summed E-state index contributed by atoms with van der Waals surface area (Å²) in [7, 11) is -1.90. The second-order valence-corrected chi connectivity index (χ2v) is 10.2. The Labute approximate surface area is 195 Å². The smallest absolute Gasteiger partial charge is 0.264 e. The average Bonchev–Trinajstić information content (AvgIpc) is 3.14. The highest BCUT2D eigenvalue weighted by Crippen LogP contribution is 2.35. The summed E-state index contributed by atoms with van der Waals surface area (Å²) in [6, 6.07) is 14.0. The Kier molecular flexibility index (Phi) is 7.92. The third kappa shape index (κ3) is 5.31. The zero-order valence-electron chi connectivity index (χ0n) is 18.9. The van der Waals surface area contributed by atoms with Gasteiger partial charge >= 0.3 is 0 Å². The number of benzene rings is 2. The molecule has 0 saturated heterocycles. The molecule has 3 rings (SSSR count). The first kappa shape index (κ1) is 24.2. The monoisotopic (exact) mass is 475 g/mol. The highest BCUT2D eigenvalue weighted by atomic mass is 35.5. The van der Waals surface area contributed by atoms with Crippen molar-refractivity contribution in [3.05, 3.63) is 59.4 Å². The lowest BCUT2D eigenvalue weighted by Gasteiger charge is -2.26. The maximum atomic E-state index is 13.6. The van der Waals surface area contributed by atoms with Gasteiger partial charge in [-0.15, -0.1) is 10.2 Å². The molecule has 0 atom stereocenters. The van der Waals surface area contributed by atoms with E-state index in [1.54, 1.807) is 48.5 Å². The summed E-state index contributed by atoms with van der Waals surface area (Å²) < 4.78 is 30.6. The fourth-order valence-electron chi connectivity index (χ4n) is 3.34. The van der Waals surface area contributed by atoms with Gasteiger partial charge in [0.15, 0.2) is 5.82 Å². The van der Waals surface area contributed by atoms with Gasteiger partial charge in [-0.25, -0.2) is 8.42 Å². The Bertz CT molecular complexity index is 1150. The van der Waals surface area contributed by atoms with Gasteiger partial charge in [0, 0.05) is 30.2 Å². The van der Waals surface area contributed by atoms with Crippen LogP contribution in [-0.2, 0) is 23.6 Å². The Hall–Kier alpha value is -2.42. The summed E-state index contributed by atoms with van der Waals surface area (Å²) in [5, 5.41) is 12.5. The topological polar surface area (TPSA) is 80.1 Å². The van der Waals surface area contributed by atoms with Gasteiger partial charge in [-0.05, 0) is 36.8 Å². The molecule has 0 unspecified atom stereocenters. The molecular formula is C23H30ClN5O2S. The van der Waals surface area contributed by atoms with Crippen LogP contribution in [0, 0.1) is 0 Å². The molecular weight excluding hydrogens is 446 g/mol. The van der Waals surface area contributed by atoms with E-state index in [0.717, 1.165) is 18.7 Å². The van der Waals surface area contributed by atoms with Crippen molar-refractivity contribution >= 4 is 27.3 Å². The first-order valence-electron chi connectivity index (χ1n) is 10.7. The van der Waals surface area contributed by atoms with Crippen LogP contribution in [-0.4, -0.2) is 35.8 Å². The predicted octanol–water partition coefficient (Wildman–Crippen LogP) is 4.63. The van der Waals surface area contributed by atoms with Crippen LogP contribution in [0.1, 0.15) is 39.4 Å². The number of halogens is 1. The largest absolute Gasteiger partial charge is 0.313 e. The molecule has 0 saturated carbocycles. The van der Waals surface area contributed by atoms with Gasteiger partial charge in [-0.3, -0.25) is 4.31 Å². The SMILES string of the molecule is CCCCN(c1ccc(Cl)cc1-c1nnc(CNC(C)C)n1C)S(=O)(=O)c1ccccc1. The van der Waals surface area contributed by atoms with Crippen LogP contribution in [0.4, 0.5) is 5.69 Å². The maximum Gasteiger partial charge on any atom is 0.264 e. The van der Waals surface area contributed by atoms with Crippen LogP contribution in [0.3, 0.4) is 0 Å². The number of nitrogens with one attached hydrogen (secondary N) is 1. The van der Waals surface area contributed by atoms with E-state index in [1.807, 2.05) is 18.5 Å². The fraction of sp³-hybridized carbons (Fsp3) is 0.391. The highest BCUT2D eigenvalue weighted by Gasteiger charge is 2.28. The zero-order chi connectivity index (χ0) is 23.3. The molecule has 0 spiro atoms. The van der Waals surface area contributed by atoms with E-state index < -0.39 is 10.0 Å². The second-order valence-electron chi connectivity index (χ2n) is 7.94. The van der Waals surface area contributed by atoms with Gasteiger partial charge in [0.2, 0.25) is 0 Å². The second kappa shape index (κ2) is 10.5. The standard InChI is InChI=1S/C23H30ClN5O2S/c1-5-6-14-29(32(30,31)19-10-8-7-9-11-19)21-13-12-18(24)15-20(21)23-27-26-22(28(23)4)16-25-17(2)3/h7-13,15,17,25H,5-6,14,16H2,1-4H3. The lowest BCUT2D eigenvalue weighted by molar-refractivity contribution is 0.561. The molecule has 32 heavy (non-hydrogen) atoms. The predicted molar refractivity (Wildman–Crippen MR) is 129 cm³/mol. The normalized spacial score (nSPS) is 11.8. The van der Waals surface area contributed by atoms with E-state index in [0.29, 0.717) is 41.2 Å². The van der Waals surface area contributed by atoms with Crippen LogP contribution in [0.5, 0.6) is 0 Å². The van der Waals surface area contributed by atoms with Crippen LogP contribution in [0.15, 0.2) is 53.4 Å². The Morgan fingerprint density at radius 2 is 1.84 bits per heavy atom. The maximum absolute atomic E-state index is 13.6. The lowest BCUT2D eigenvalue weighted by Crippen LogP contribution is -2.32. The molecule has 1 N–H and O–H groups in total. The number of sulfonamides is 1. The van der Waals surface area contributed by atoms with Crippen molar-refractivity contribution in [2.24, 2.45) is 7.05 Å². The molecule has 0 bridgehead atoms. The van der Waals surface area contributed by atoms with Crippen molar-refractivity contribution in [2.45, 2.75) is 51.1 Å². The van der Waals surface area contributed by atoms with Crippen molar-refractivity contribution in [1.29, 1.82) is 0 Å². The number of hydrogen-bond acceptors (Lipinski definition) is 5. The number of unbranched alkanes of at least 4 members (excludes halogenated alkanes) is 1. The molecule has 0 aliphatic heterocycles. The third-order valence-electron chi connectivity index (χ3n) is 5.15. The van der Waals surface area contributed by atoms with Crippen molar-refractivity contribution in [3.8, 4) is 11.4 Å². The quantitative estimate of drug-likeness (QED) is 0.462. The number of anilines is 1. The van der Waals surface area contributed by atoms with Crippen molar-refractivity contribution in [2.75, 3.05) is 10.8 Å². The summed E-state index contributed by atoms with van der Waals surface area (Å²) in [5.41, 5.74) is 1.16. The van der Waals surface area contributed by atoms with E-state index in [4.69, 9.17) is 11.6 Å². The minimum absolute atomic E-state index is 0.247. The van der Waals surface area contributed by atoms with Gasteiger partial charge < -0.3 is 9.88 Å². The van der Waals surface area contributed by atoms with Crippen molar-refractivity contribution in [3.63, 3.8) is 0 Å².